The molecule has 0 aliphatic carbocycles. The van der Waals surface area contributed by atoms with E-state index in [1.807, 2.05) is 18.3 Å². The third kappa shape index (κ3) is 4.93. The number of likely N-dealkylation sites (tertiary alicyclic amines) is 1. The lowest BCUT2D eigenvalue weighted by molar-refractivity contribution is -0.125. The molecule has 1 amide bonds. The molecule has 0 bridgehead atoms. The van der Waals surface area contributed by atoms with Crippen molar-refractivity contribution in [3.05, 3.63) is 30.1 Å². The molecule has 113 valence electrons. The first kappa shape index (κ1) is 15.6. The molecule has 1 aromatic rings. The quantitative estimate of drug-likeness (QED) is 0.793. The zero-order chi connectivity index (χ0) is 15.1. The van der Waals surface area contributed by atoms with Gasteiger partial charge in [-0.3, -0.25) is 19.5 Å². The zero-order valence-electron chi connectivity index (χ0n) is 12.5. The first-order chi connectivity index (χ1) is 10.2. The van der Waals surface area contributed by atoms with E-state index >= 15 is 0 Å². The lowest BCUT2D eigenvalue weighted by atomic mass is 9.93. The van der Waals surface area contributed by atoms with Crippen LogP contribution in [0.1, 0.15) is 37.8 Å². The van der Waals surface area contributed by atoms with Crippen molar-refractivity contribution in [1.29, 1.82) is 0 Å². The topological polar surface area (TPSA) is 64.4 Å². The Balaban J connectivity index is 1.72. The van der Waals surface area contributed by atoms with Crippen LogP contribution in [0, 0.1) is 0 Å². The van der Waals surface area contributed by atoms with Crippen molar-refractivity contribution in [2.24, 2.45) is 0 Å². The fourth-order valence-corrected chi connectivity index (χ4v) is 2.59. The van der Waals surface area contributed by atoms with Gasteiger partial charge in [-0.15, -0.1) is 0 Å². The van der Waals surface area contributed by atoms with Crippen LogP contribution in [0.25, 0.3) is 0 Å². The molecule has 1 radical (unpaired) electrons. The van der Waals surface area contributed by atoms with Crippen LogP contribution >= 0.6 is 0 Å². The number of piperidine rings is 1. The van der Waals surface area contributed by atoms with E-state index in [1.165, 1.54) is 0 Å². The van der Waals surface area contributed by atoms with Crippen molar-refractivity contribution in [2.45, 2.75) is 32.1 Å². The lowest BCUT2D eigenvalue weighted by Gasteiger charge is -2.31. The van der Waals surface area contributed by atoms with Crippen molar-refractivity contribution >= 4 is 11.7 Å². The van der Waals surface area contributed by atoms with E-state index in [9.17, 15) is 9.59 Å². The molecule has 0 saturated carbocycles. The molecule has 0 aromatic carbocycles. The Hall–Kier alpha value is -1.75. The van der Waals surface area contributed by atoms with Crippen molar-refractivity contribution in [2.75, 3.05) is 26.2 Å². The number of rotatable bonds is 6. The summed E-state index contributed by atoms with van der Waals surface area (Å²) in [6, 6.07) is 6.02. The summed E-state index contributed by atoms with van der Waals surface area (Å²) in [6.45, 7) is 3.96. The van der Waals surface area contributed by atoms with Crippen LogP contribution in [0.3, 0.4) is 0 Å². The van der Waals surface area contributed by atoms with Crippen molar-refractivity contribution in [3.63, 3.8) is 0 Å². The Morgan fingerprint density at radius 3 is 2.71 bits per heavy atom. The summed E-state index contributed by atoms with van der Waals surface area (Å²) >= 11 is 0. The first-order valence-corrected chi connectivity index (χ1v) is 7.54. The molecule has 0 N–H and O–H groups in total. The molecule has 5 nitrogen and oxygen atoms in total. The Kier molecular flexibility index (Phi) is 5.87. The molecule has 5 heteroatoms. The van der Waals surface area contributed by atoms with Crippen LogP contribution in [0.5, 0.6) is 0 Å². The van der Waals surface area contributed by atoms with Crippen molar-refractivity contribution < 1.29 is 9.59 Å². The maximum absolute atomic E-state index is 11.8. The third-order valence-corrected chi connectivity index (χ3v) is 3.83. The molecule has 1 aliphatic rings. The number of carbonyl (C=O) groups is 2. The van der Waals surface area contributed by atoms with Gasteiger partial charge >= 0.3 is 0 Å². The van der Waals surface area contributed by atoms with E-state index in [-0.39, 0.29) is 18.2 Å². The van der Waals surface area contributed by atoms with Crippen LogP contribution in [-0.2, 0) is 9.59 Å². The summed E-state index contributed by atoms with van der Waals surface area (Å²) in [7, 11) is 0. The van der Waals surface area contributed by atoms with E-state index in [1.54, 1.807) is 6.92 Å². The number of hydrogen-bond acceptors (Lipinski definition) is 4. The Bertz CT molecular complexity index is 468. The van der Waals surface area contributed by atoms with Gasteiger partial charge in [0.25, 0.3) is 0 Å². The molecule has 21 heavy (non-hydrogen) atoms. The van der Waals surface area contributed by atoms with Gasteiger partial charge < -0.3 is 0 Å². The first-order valence-electron chi connectivity index (χ1n) is 7.54. The Morgan fingerprint density at radius 1 is 1.33 bits per heavy atom. The number of nitrogens with zero attached hydrogens (tertiary/aromatic N) is 3. The fourth-order valence-electron chi connectivity index (χ4n) is 2.59. The van der Waals surface area contributed by atoms with E-state index in [0.29, 0.717) is 18.9 Å². The van der Waals surface area contributed by atoms with Crippen LogP contribution in [0.2, 0.25) is 0 Å². The number of hydrogen-bond donors (Lipinski definition) is 0. The number of ketones is 1. The number of amides is 1. The summed E-state index contributed by atoms with van der Waals surface area (Å²) < 4.78 is 0. The third-order valence-electron chi connectivity index (χ3n) is 3.83. The fraction of sp³-hybridized carbons (Fsp3) is 0.562. The van der Waals surface area contributed by atoms with Gasteiger partial charge in [-0.25, -0.2) is 5.32 Å². The molecule has 0 atom stereocenters. The second-order valence-electron chi connectivity index (χ2n) is 5.41. The summed E-state index contributed by atoms with van der Waals surface area (Å²) in [5, 5.41) is 3.75. The normalized spacial score (nSPS) is 16.6. The highest BCUT2D eigenvalue weighted by atomic mass is 16.2. The highest BCUT2D eigenvalue weighted by molar-refractivity contribution is 5.86. The van der Waals surface area contributed by atoms with E-state index in [0.717, 1.165) is 31.6 Å². The molecule has 0 unspecified atom stereocenters. The second-order valence-corrected chi connectivity index (χ2v) is 5.41. The van der Waals surface area contributed by atoms with Gasteiger partial charge in [0.05, 0.1) is 6.54 Å². The molecule has 1 aromatic heterocycles. The monoisotopic (exact) mass is 288 g/mol. The molecule has 2 heterocycles. The van der Waals surface area contributed by atoms with Crippen LogP contribution in [-0.4, -0.2) is 47.8 Å². The SMILES string of the molecule is CCC(=O)[N]CC(=O)CN1CCC(c2ccccn2)CC1. The van der Waals surface area contributed by atoms with Crippen LogP contribution in [0.15, 0.2) is 24.4 Å². The van der Waals surface area contributed by atoms with Crippen LogP contribution < -0.4 is 5.32 Å². The van der Waals surface area contributed by atoms with E-state index in [4.69, 9.17) is 0 Å². The molecule has 0 spiro atoms. The van der Waals surface area contributed by atoms with Gasteiger partial charge in [-0.05, 0) is 38.1 Å². The summed E-state index contributed by atoms with van der Waals surface area (Å²) in [5.74, 6) is 0.314. The van der Waals surface area contributed by atoms with Crippen molar-refractivity contribution in [3.8, 4) is 0 Å². The molecular weight excluding hydrogens is 266 g/mol. The summed E-state index contributed by atoms with van der Waals surface area (Å²) in [6.07, 6.45) is 4.24. The van der Waals surface area contributed by atoms with Gasteiger partial charge in [0.2, 0.25) is 5.91 Å². The van der Waals surface area contributed by atoms with Crippen molar-refractivity contribution in [1.82, 2.24) is 15.2 Å². The largest absolute Gasteiger partial charge is 0.296 e. The average molecular weight is 288 g/mol. The maximum atomic E-state index is 11.8. The number of Topliss-reactive ketones (excluding diaryl/α,β-unsaturated/α-hetero) is 1. The van der Waals surface area contributed by atoms with Gasteiger partial charge in [-0.1, -0.05) is 13.0 Å². The van der Waals surface area contributed by atoms with E-state index < -0.39 is 0 Å². The van der Waals surface area contributed by atoms with Gasteiger partial charge in [0.15, 0.2) is 5.78 Å². The zero-order valence-corrected chi connectivity index (χ0v) is 12.5. The molecule has 1 aliphatic heterocycles. The van der Waals surface area contributed by atoms with Gasteiger partial charge in [0, 0.05) is 24.2 Å². The molecule has 1 fully saturated rings. The van der Waals surface area contributed by atoms with Crippen LogP contribution in [0.4, 0.5) is 0 Å². The Labute approximate surface area is 125 Å². The smallest absolute Gasteiger partial charge is 0.241 e. The molecule has 1 saturated heterocycles. The Morgan fingerprint density at radius 2 is 2.10 bits per heavy atom. The summed E-state index contributed by atoms with van der Waals surface area (Å²) in [5.41, 5.74) is 1.15. The number of pyridine rings is 1. The minimum atomic E-state index is -0.197. The van der Waals surface area contributed by atoms with E-state index in [2.05, 4.69) is 21.3 Å². The second kappa shape index (κ2) is 7.88. The standard InChI is InChI=1S/C16H22N3O2/c1-2-16(21)18-11-14(20)12-19-9-6-13(7-10-19)15-5-3-4-8-17-15/h3-5,8,13H,2,6-7,9-12H2,1H3. The van der Waals surface area contributed by atoms with Gasteiger partial charge in [0.1, 0.15) is 6.54 Å². The number of aromatic nitrogens is 1. The highest BCUT2D eigenvalue weighted by Gasteiger charge is 2.22. The predicted octanol–water partition coefficient (Wildman–Crippen LogP) is 1.37. The number of carbonyl (C=O) groups excluding carboxylic acids is 2. The minimum Gasteiger partial charge on any atom is -0.296 e. The average Bonchev–Trinajstić information content (AvgIpc) is 2.54. The highest BCUT2D eigenvalue weighted by Crippen LogP contribution is 2.25. The van der Waals surface area contributed by atoms with Gasteiger partial charge in [-0.2, -0.15) is 0 Å². The molecule has 2 rings (SSSR count). The summed E-state index contributed by atoms with van der Waals surface area (Å²) in [4.78, 5) is 29.4. The minimum absolute atomic E-state index is 0.0207. The lowest BCUT2D eigenvalue weighted by Crippen LogP contribution is -2.39. The maximum Gasteiger partial charge on any atom is 0.241 e. The predicted molar refractivity (Wildman–Crippen MR) is 80.0 cm³/mol. The molecular formula is C16H22N3O2.